The first kappa shape index (κ1) is 22.6. The van der Waals surface area contributed by atoms with Gasteiger partial charge in [0, 0.05) is 32.4 Å². The Kier molecular flexibility index (Phi) is 6.40. The summed E-state index contributed by atoms with van der Waals surface area (Å²) in [7, 11) is 1.63. The molecule has 7 heteroatoms. The van der Waals surface area contributed by atoms with E-state index in [0.29, 0.717) is 5.17 Å². The minimum Gasteiger partial charge on any atom is -0.495 e. The van der Waals surface area contributed by atoms with E-state index in [-0.39, 0.29) is 11.0 Å². The van der Waals surface area contributed by atoms with E-state index in [9.17, 15) is 0 Å². The molecule has 2 heterocycles. The molecule has 1 N–H and O–H groups in total. The number of nitrogens with zero attached hydrogens (tertiary/aromatic N) is 2. The molecule has 0 saturated carbocycles. The number of benzene rings is 2. The van der Waals surface area contributed by atoms with Gasteiger partial charge in [-0.1, -0.05) is 62.3 Å². The Bertz CT molecular complexity index is 990. The fourth-order valence-electron chi connectivity index (χ4n) is 4.09. The van der Waals surface area contributed by atoms with Crippen LogP contribution < -0.4 is 10.1 Å². The van der Waals surface area contributed by atoms with Gasteiger partial charge >= 0.3 is 0 Å². The van der Waals surface area contributed by atoms with Crippen LogP contribution in [0.4, 0.5) is 5.69 Å². The van der Waals surface area contributed by atoms with E-state index in [1.807, 2.05) is 29.3 Å². The molecule has 170 valence electrons. The highest BCUT2D eigenvalue weighted by atomic mass is 32.1. The van der Waals surface area contributed by atoms with Gasteiger partial charge in [-0.05, 0) is 40.9 Å². The SMILES string of the molecule is COc1ccccc1NC(=S)ON1CCC2(CC1)CC(c1ccc(C(C)(C)C)cc1)=NO2. The third-order valence-corrected chi connectivity index (χ3v) is 6.29. The quantitative estimate of drug-likeness (QED) is 0.636. The maximum Gasteiger partial charge on any atom is 0.283 e. The number of methoxy groups -OCH3 is 1. The molecular formula is C25H31N3O3S. The van der Waals surface area contributed by atoms with Crippen molar-refractivity contribution in [3.05, 3.63) is 59.7 Å². The molecular weight excluding hydrogens is 422 g/mol. The van der Waals surface area contributed by atoms with Crippen molar-refractivity contribution in [2.24, 2.45) is 5.16 Å². The van der Waals surface area contributed by atoms with Gasteiger partial charge in [0.25, 0.3) is 5.17 Å². The van der Waals surface area contributed by atoms with Crippen molar-refractivity contribution in [3.63, 3.8) is 0 Å². The van der Waals surface area contributed by atoms with Gasteiger partial charge < -0.3 is 19.7 Å². The molecule has 2 aliphatic rings. The van der Waals surface area contributed by atoms with Crippen LogP contribution in [0.5, 0.6) is 5.75 Å². The van der Waals surface area contributed by atoms with Crippen LogP contribution in [0.1, 0.15) is 51.2 Å². The number of hydrogen-bond donors (Lipinski definition) is 1. The highest BCUT2D eigenvalue weighted by Crippen LogP contribution is 2.36. The van der Waals surface area contributed by atoms with E-state index in [2.05, 4.69) is 55.5 Å². The van der Waals surface area contributed by atoms with E-state index in [4.69, 9.17) is 26.6 Å². The van der Waals surface area contributed by atoms with Gasteiger partial charge in [0.1, 0.15) is 11.4 Å². The van der Waals surface area contributed by atoms with E-state index in [0.717, 1.165) is 55.1 Å². The zero-order valence-electron chi connectivity index (χ0n) is 19.2. The molecule has 0 atom stereocenters. The van der Waals surface area contributed by atoms with Gasteiger partial charge in [0.05, 0.1) is 18.5 Å². The van der Waals surface area contributed by atoms with Crippen molar-refractivity contribution < 1.29 is 14.4 Å². The molecule has 0 amide bonds. The zero-order valence-corrected chi connectivity index (χ0v) is 20.0. The van der Waals surface area contributed by atoms with Gasteiger partial charge in [-0.25, -0.2) is 0 Å². The first-order valence-corrected chi connectivity index (χ1v) is 11.4. The number of para-hydroxylation sites is 2. The summed E-state index contributed by atoms with van der Waals surface area (Å²) in [6, 6.07) is 16.3. The first-order chi connectivity index (χ1) is 15.3. The molecule has 2 aromatic carbocycles. The fraction of sp³-hybridized carbons (Fsp3) is 0.440. The van der Waals surface area contributed by atoms with Crippen LogP contribution in [-0.2, 0) is 15.1 Å². The number of anilines is 1. The van der Waals surface area contributed by atoms with E-state index >= 15 is 0 Å². The number of piperidine rings is 1. The predicted molar refractivity (Wildman–Crippen MR) is 131 cm³/mol. The van der Waals surface area contributed by atoms with Gasteiger partial charge in [-0.15, -0.1) is 5.06 Å². The van der Waals surface area contributed by atoms with Crippen molar-refractivity contribution >= 4 is 28.8 Å². The Morgan fingerprint density at radius 1 is 1.09 bits per heavy atom. The van der Waals surface area contributed by atoms with Crippen molar-refractivity contribution in [1.29, 1.82) is 0 Å². The maximum atomic E-state index is 5.97. The third kappa shape index (κ3) is 5.05. The number of nitrogens with one attached hydrogen (secondary N) is 1. The normalized spacial score (nSPS) is 18.1. The third-order valence-electron chi connectivity index (χ3n) is 6.11. The number of oxime groups is 1. The van der Waals surface area contributed by atoms with Crippen LogP contribution in [0, 0.1) is 0 Å². The summed E-state index contributed by atoms with van der Waals surface area (Å²) < 4.78 is 5.35. The Hall–Kier alpha value is -2.64. The lowest BCUT2D eigenvalue weighted by molar-refractivity contribution is -0.143. The van der Waals surface area contributed by atoms with Crippen molar-refractivity contribution in [2.75, 3.05) is 25.5 Å². The number of thiocarbonyl (C=S) groups is 1. The Morgan fingerprint density at radius 2 is 1.78 bits per heavy atom. The monoisotopic (exact) mass is 453 g/mol. The smallest absolute Gasteiger partial charge is 0.283 e. The lowest BCUT2D eigenvalue weighted by atomic mass is 9.84. The van der Waals surface area contributed by atoms with Crippen LogP contribution in [-0.4, -0.2) is 41.7 Å². The number of ether oxygens (including phenoxy) is 1. The zero-order chi connectivity index (χ0) is 22.8. The van der Waals surface area contributed by atoms with Crippen LogP contribution in [0.2, 0.25) is 0 Å². The Balaban J connectivity index is 1.29. The predicted octanol–water partition coefficient (Wildman–Crippen LogP) is 5.28. The number of hydrogen-bond acceptors (Lipinski definition) is 6. The molecule has 6 nitrogen and oxygen atoms in total. The summed E-state index contributed by atoms with van der Waals surface area (Å²) >= 11 is 5.39. The van der Waals surface area contributed by atoms with Gasteiger partial charge in [0.15, 0.2) is 0 Å². The minimum atomic E-state index is -0.254. The second-order valence-electron chi connectivity index (χ2n) is 9.45. The highest BCUT2D eigenvalue weighted by molar-refractivity contribution is 7.80. The molecule has 1 fully saturated rings. The Morgan fingerprint density at radius 3 is 2.44 bits per heavy atom. The maximum absolute atomic E-state index is 5.97. The standard InChI is InChI=1S/C25H31N3O3S/c1-24(2,3)19-11-9-18(10-12-19)21-17-25(31-27-21)13-15-28(16-14-25)30-23(32)26-20-7-5-6-8-22(20)29-4/h5-12H,13-17H2,1-4H3,(H,26,32). The topological polar surface area (TPSA) is 55.3 Å². The van der Waals surface area contributed by atoms with Crippen molar-refractivity contribution in [1.82, 2.24) is 5.06 Å². The summed E-state index contributed by atoms with van der Waals surface area (Å²) in [5.41, 5.74) is 4.14. The molecule has 1 spiro atoms. The van der Waals surface area contributed by atoms with Crippen LogP contribution in [0.25, 0.3) is 0 Å². The number of rotatable bonds is 4. The van der Waals surface area contributed by atoms with Gasteiger partial charge in [-0.2, -0.15) is 0 Å². The lowest BCUT2D eigenvalue weighted by Crippen LogP contribution is -2.45. The number of hydroxylamine groups is 2. The van der Waals surface area contributed by atoms with E-state index in [1.54, 1.807) is 7.11 Å². The summed E-state index contributed by atoms with van der Waals surface area (Å²) in [5.74, 6) is 0.718. The molecule has 2 aromatic rings. The summed E-state index contributed by atoms with van der Waals surface area (Å²) in [6.45, 7) is 8.11. The van der Waals surface area contributed by atoms with Crippen molar-refractivity contribution in [2.45, 2.75) is 51.0 Å². The van der Waals surface area contributed by atoms with E-state index < -0.39 is 0 Å². The molecule has 0 bridgehead atoms. The van der Waals surface area contributed by atoms with Gasteiger partial charge in [-0.3, -0.25) is 0 Å². The van der Waals surface area contributed by atoms with Crippen LogP contribution >= 0.6 is 12.2 Å². The largest absolute Gasteiger partial charge is 0.495 e. The van der Waals surface area contributed by atoms with E-state index in [1.165, 1.54) is 5.56 Å². The second-order valence-corrected chi connectivity index (χ2v) is 9.82. The Labute approximate surface area is 195 Å². The summed E-state index contributed by atoms with van der Waals surface area (Å²) in [4.78, 5) is 11.8. The highest BCUT2D eigenvalue weighted by Gasteiger charge is 2.43. The molecule has 0 unspecified atom stereocenters. The molecule has 32 heavy (non-hydrogen) atoms. The van der Waals surface area contributed by atoms with Crippen LogP contribution in [0.3, 0.4) is 0 Å². The van der Waals surface area contributed by atoms with Crippen LogP contribution in [0.15, 0.2) is 53.7 Å². The molecule has 1 saturated heterocycles. The minimum absolute atomic E-state index is 0.141. The average molecular weight is 454 g/mol. The second kappa shape index (κ2) is 9.08. The molecule has 2 aliphatic heterocycles. The summed E-state index contributed by atoms with van der Waals surface area (Å²) in [5, 5.41) is 9.73. The first-order valence-electron chi connectivity index (χ1n) is 11.0. The average Bonchev–Trinajstić information content (AvgIpc) is 3.19. The molecule has 0 radical (unpaired) electrons. The fourth-order valence-corrected chi connectivity index (χ4v) is 4.31. The molecule has 0 aromatic heterocycles. The van der Waals surface area contributed by atoms with Gasteiger partial charge in [0.2, 0.25) is 0 Å². The summed E-state index contributed by atoms with van der Waals surface area (Å²) in [6.07, 6.45) is 2.48. The molecule has 0 aliphatic carbocycles. The lowest BCUT2D eigenvalue weighted by Gasteiger charge is -2.36. The molecule has 4 rings (SSSR count). The van der Waals surface area contributed by atoms with Crippen molar-refractivity contribution in [3.8, 4) is 5.75 Å².